The number of aliphatic carboxylic acids is 1. The van der Waals surface area contributed by atoms with Crippen molar-refractivity contribution in [3.63, 3.8) is 0 Å². The zero-order chi connectivity index (χ0) is 15.2. The number of likely N-dealkylation sites (tertiary alicyclic amines) is 1. The van der Waals surface area contributed by atoms with Gasteiger partial charge in [-0.15, -0.1) is 0 Å². The van der Waals surface area contributed by atoms with E-state index in [9.17, 15) is 9.90 Å². The molecule has 0 bridgehead atoms. The van der Waals surface area contributed by atoms with Gasteiger partial charge in [0, 0.05) is 32.2 Å². The Morgan fingerprint density at radius 2 is 2.24 bits per heavy atom. The molecule has 0 unspecified atom stereocenters. The molecule has 0 saturated carbocycles. The summed E-state index contributed by atoms with van der Waals surface area (Å²) < 4.78 is 10.6. The summed E-state index contributed by atoms with van der Waals surface area (Å²) in [6, 6.07) is 7.71. The Morgan fingerprint density at radius 1 is 1.43 bits per heavy atom. The number of hydrogen-bond donors (Lipinski definition) is 1. The third kappa shape index (κ3) is 3.95. The zero-order valence-electron chi connectivity index (χ0n) is 12.6. The lowest BCUT2D eigenvalue weighted by Gasteiger charge is -2.16. The molecule has 1 aromatic carbocycles. The summed E-state index contributed by atoms with van der Waals surface area (Å²) in [5, 5.41) is 9.47. The van der Waals surface area contributed by atoms with Crippen LogP contribution in [0.2, 0.25) is 0 Å². The molecule has 2 atom stereocenters. The molecule has 1 N–H and O–H groups in total. The van der Waals surface area contributed by atoms with Gasteiger partial charge in [0.15, 0.2) is 0 Å². The van der Waals surface area contributed by atoms with Crippen LogP contribution in [0.25, 0.3) is 0 Å². The summed E-state index contributed by atoms with van der Waals surface area (Å²) in [5.74, 6) is -0.343. The third-order valence-electron chi connectivity index (χ3n) is 3.99. The van der Waals surface area contributed by atoms with E-state index in [0.29, 0.717) is 19.8 Å². The molecule has 5 nitrogen and oxygen atoms in total. The maximum atomic E-state index is 11.5. The van der Waals surface area contributed by atoms with Crippen LogP contribution in [-0.2, 0) is 9.53 Å². The molecule has 1 aliphatic heterocycles. The summed E-state index contributed by atoms with van der Waals surface area (Å²) in [6.45, 7) is 5.39. The number of benzene rings is 1. The van der Waals surface area contributed by atoms with Gasteiger partial charge in [-0.3, -0.25) is 9.69 Å². The lowest BCUT2D eigenvalue weighted by Crippen LogP contribution is -2.26. The number of nitrogens with zero attached hydrogens (tertiary/aromatic N) is 1. The monoisotopic (exact) mass is 293 g/mol. The van der Waals surface area contributed by atoms with Crippen molar-refractivity contribution in [3.8, 4) is 5.75 Å². The van der Waals surface area contributed by atoms with Gasteiger partial charge in [-0.1, -0.05) is 12.1 Å². The topological polar surface area (TPSA) is 59.0 Å². The molecule has 5 heteroatoms. The molecule has 1 saturated heterocycles. The van der Waals surface area contributed by atoms with E-state index in [1.807, 2.05) is 31.2 Å². The second kappa shape index (κ2) is 7.43. The highest BCUT2D eigenvalue weighted by atomic mass is 16.5. The maximum absolute atomic E-state index is 11.5. The average molecular weight is 293 g/mol. The largest absolute Gasteiger partial charge is 0.497 e. The summed E-state index contributed by atoms with van der Waals surface area (Å²) in [4.78, 5) is 13.7. The van der Waals surface area contributed by atoms with E-state index in [4.69, 9.17) is 9.47 Å². The number of carboxylic acids is 1. The van der Waals surface area contributed by atoms with Crippen LogP contribution in [0.4, 0.5) is 0 Å². The van der Waals surface area contributed by atoms with E-state index < -0.39 is 5.97 Å². The van der Waals surface area contributed by atoms with Crippen molar-refractivity contribution >= 4 is 5.97 Å². The fourth-order valence-corrected chi connectivity index (χ4v) is 2.87. The molecule has 0 spiro atoms. The molecule has 0 amide bonds. The smallest absolute Gasteiger partial charge is 0.308 e. The van der Waals surface area contributed by atoms with Crippen molar-refractivity contribution in [2.24, 2.45) is 5.92 Å². The number of carbonyl (C=O) groups is 1. The van der Waals surface area contributed by atoms with Gasteiger partial charge in [0.1, 0.15) is 5.75 Å². The second-order valence-electron chi connectivity index (χ2n) is 5.28. The van der Waals surface area contributed by atoms with Crippen LogP contribution in [0.15, 0.2) is 24.3 Å². The van der Waals surface area contributed by atoms with E-state index in [2.05, 4.69) is 4.90 Å². The fraction of sp³-hybridized carbons (Fsp3) is 0.562. The van der Waals surface area contributed by atoms with Gasteiger partial charge in [-0.25, -0.2) is 0 Å². The summed E-state index contributed by atoms with van der Waals surface area (Å²) in [6.07, 6.45) is 0. The quantitative estimate of drug-likeness (QED) is 0.777. The van der Waals surface area contributed by atoms with Crippen molar-refractivity contribution < 1.29 is 19.4 Å². The van der Waals surface area contributed by atoms with Crippen LogP contribution >= 0.6 is 0 Å². The van der Waals surface area contributed by atoms with Crippen LogP contribution in [0.5, 0.6) is 5.75 Å². The number of carboxylic acid groups (broad SMARTS) is 1. The molecule has 0 radical (unpaired) electrons. The van der Waals surface area contributed by atoms with Crippen molar-refractivity contribution in [2.45, 2.75) is 12.8 Å². The highest BCUT2D eigenvalue weighted by Gasteiger charge is 2.38. The molecule has 1 aliphatic rings. The van der Waals surface area contributed by atoms with Crippen molar-refractivity contribution in [2.75, 3.05) is 40.0 Å². The number of rotatable bonds is 7. The molecule has 0 aromatic heterocycles. The van der Waals surface area contributed by atoms with Gasteiger partial charge in [0.2, 0.25) is 0 Å². The Labute approximate surface area is 125 Å². The molecule has 1 fully saturated rings. The number of methoxy groups -OCH3 is 1. The predicted octanol–water partition coefficient (Wildman–Crippen LogP) is 1.83. The van der Waals surface area contributed by atoms with Gasteiger partial charge in [-0.2, -0.15) is 0 Å². The lowest BCUT2D eigenvalue weighted by atomic mass is 9.89. The van der Waals surface area contributed by atoms with Gasteiger partial charge < -0.3 is 14.6 Å². The zero-order valence-corrected chi connectivity index (χ0v) is 12.6. The highest BCUT2D eigenvalue weighted by Crippen LogP contribution is 2.34. The summed E-state index contributed by atoms with van der Waals surface area (Å²) in [7, 11) is 1.62. The van der Waals surface area contributed by atoms with E-state index in [1.165, 1.54) is 0 Å². The molecule has 1 aromatic rings. The molecular formula is C16H23NO4. The predicted molar refractivity (Wildman–Crippen MR) is 79.8 cm³/mol. The minimum Gasteiger partial charge on any atom is -0.497 e. The highest BCUT2D eigenvalue weighted by molar-refractivity contribution is 5.72. The molecule has 1 heterocycles. The van der Waals surface area contributed by atoms with Gasteiger partial charge in [-0.05, 0) is 24.6 Å². The van der Waals surface area contributed by atoms with Crippen LogP contribution in [-0.4, -0.2) is 55.9 Å². The van der Waals surface area contributed by atoms with Gasteiger partial charge in [0.25, 0.3) is 0 Å². The molecule has 0 aliphatic carbocycles. The van der Waals surface area contributed by atoms with Crippen LogP contribution in [0, 0.1) is 5.92 Å². The third-order valence-corrected chi connectivity index (χ3v) is 3.99. The second-order valence-corrected chi connectivity index (χ2v) is 5.28. The Hall–Kier alpha value is -1.59. The fourth-order valence-electron chi connectivity index (χ4n) is 2.87. The average Bonchev–Trinajstić information content (AvgIpc) is 2.92. The van der Waals surface area contributed by atoms with E-state index >= 15 is 0 Å². The minimum absolute atomic E-state index is 0.000716. The van der Waals surface area contributed by atoms with Crippen LogP contribution in [0.1, 0.15) is 18.4 Å². The van der Waals surface area contributed by atoms with E-state index in [1.54, 1.807) is 7.11 Å². The van der Waals surface area contributed by atoms with E-state index in [0.717, 1.165) is 24.4 Å². The van der Waals surface area contributed by atoms with Gasteiger partial charge >= 0.3 is 5.97 Å². The van der Waals surface area contributed by atoms with Crippen LogP contribution in [0.3, 0.4) is 0 Å². The molecular weight excluding hydrogens is 270 g/mol. The summed E-state index contributed by atoms with van der Waals surface area (Å²) >= 11 is 0. The van der Waals surface area contributed by atoms with E-state index in [-0.39, 0.29) is 11.8 Å². The Morgan fingerprint density at radius 3 is 2.90 bits per heavy atom. The Balaban J connectivity index is 2.10. The first-order valence-electron chi connectivity index (χ1n) is 7.32. The SMILES string of the molecule is CCOCCN1C[C@H](C(=O)O)[C@@H](c2cccc(OC)c2)C1. The maximum Gasteiger partial charge on any atom is 0.308 e. The lowest BCUT2D eigenvalue weighted by molar-refractivity contribution is -0.141. The first kappa shape index (κ1) is 15.8. The Bertz CT molecular complexity index is 477. The first-order valence-corrected chi connectivity index (χ1v) is 7.32. The molecule has 21 heavy (non-hydrogen) atoms. The normalized spacial score (nSPS) is 22.4. The van der Waals surface area contributed by atoms with Crippen LogP contribution < -0.4 is 4.74 Å². The minimum atomic E-state index is -0.735. The molecule has 2 rings (SSSR count). The standard InChI is InChI=1S/C16H23NO4/c1-3-21-8-7-17-10-14(15(11-17)16(18)19)12-5-4-6-13(9-12)20-2/h4-6,9,14-15H,3,7-8,10-11H2,1-2H3,(H,18,19)/t14-,15+/m1/s1. The number of hydrogen-bond acceptors (Lipinski definition) is 4. The van der Waals surface area contributed by atoms with Crippen molar-refractivity contribution in [1.82, 2.24) is 4.90 Å². The van der Waals surface area contributed by atoms with Gasteiger partial charge in [0.05, 0.1) is 19.6 Å². The Kier molecular flexibility index (Phi) is 5.59. The van der Waals surface area contributed by atoms with Crippen molar-refractivity contribution in [3.05, 3.63) is 29.8 Å². The summed E-state index contributed by atoms with van der Waals surface area (Å²) in [5.41, 5.74) is 1.03. The molecule has 116 valence electrons. The number of ether oxygens (including phenoxy) is 2. The van der Waals surface area contributed by atoms with Crippen molar-refractivity contribution in [1.29, 1.82) is 0 Å². The first-order chi connectivity index (χ1) is 10.2.